The van der Waals surface area contributed by atoms with E-state index in [4.69, 9.17) is 5.11 Å². The van der Waals surface area contributed by atoms with Crippen LogP contribution in [0.2, 0.25) is 0 Å². The van der Waals surface area contributed by atoms with Crippen LogP contribution in [0, 0.1) is 6.92 Å². The molecule has 0 atom stereocenters. The first kappa shape index (κ1) is 26.2. The number of benzene rings is 1. The van der Waals surface area contributed by atoms with Crippen molar-refractivity contribution in [2.75, 3.05) is 0 Å². The molecule has 0 aromatic heterocycles. The Balaban J connectivity index is 2.85. The van der Waals surface area contributed by atoms with Gasteiger partial charge in [-0.3, -0.25) is 4.79 Å². The van der Waals surface area contributed by atoms with Crippen LogP contribution in [-0.4, -0.2) is 31.0 Å². The molecule has 0 spiro atoms. The molecule has 0 aliphatic carbocycles. The van der Waals surface area contributed by atoms with Gasteiger partial charge < -0.3 is 14.0 Å². The zero-order chi connectivity index (χ0) is 25.3. The average molecular weight is 502 g/mol. The van der Waals surface area contributed by atoms with E-state index in [-0.39, 0.29) is 24.0 Å². The van der Waals surface area contributed by atoms with Crippen LogP contribution in [0.1, 0.15) is 52.4 Å². The third-order valence-corrected chi connectivity index (χ3v) is 5.69. The van der Waals surface area contributed by atoms with Gasteiger partial charge in [0, 0.05) is 23.1 Å². The molecule has 182 valence electrons. The van der Waals surface area contributed by atoms with Crippen molar-refractivity contribution < 1.29 is 58.4 Å². The SMILES string of the molecule is CC(=CCc1c(OS(=O)(=O)C(F)(F)F)c2c(c(C)c1C(F)=C(F)F)COC2=O)CCC(=O)O. The van der Waals surface area contributed by atoms with Crippen LogP contribution in [0.3, 0.4) is 0 Å². The fraction of sp³-hybridized carbons (Fsp3) is 0.368. The Morgan fingerprint density at radius 2 is 1.82 bits per heavy atom. The number of carboxylic acid groups (broad SMARTS) is 1. The highest BCUT2D eigenvalue weighted by Crippen LogP contribution is 2.44. The molecule has 1 aromatic carbocycles. The highest BCUT2D eigenvalue weighted by Gasteiger charge is 2.50. The van der Waals surface area contributed by atoms with Gasteiger partial charge in [0.15, 0.2) is 11.6 Å². The molecule has 2 rings (SSSR count). The topological polar surface area (TPSA) is 107 Å². The summed E-state index contributed by atoms with van der Waals surface area (Å²) < 4.78 is 112. The van der Waals surface area contributed by atoms with E-state index >= 15 is 0 Å². The highest BCUT2D eigenvalue weighted by molar-refractivity contribution is 7.88. The number of aliphatic carboxylic acids is 1. The number of carbonyl (C=O) groups excluding carboxylic acids is 1. The zero-order valence-electron chi connectivity index (χ0n) is 17.0. The fourth-order valence-corrected chi connectivity index (χ4v) is 3.59. The second-order valence-corrected chi connectivity index (χ2v) is 8.48. The van der Waals surface area contributed by atoms with Crippen LogP contribution in [0.25, 0.3) is 5.83 Å². The lowest BCUT2D eigenvalue weighted by molar-refractivity contribution is -0.136. The number of ether oxygens (including phenoxy) is 1. The minimum absolute atomic E-state index is 0.0521. The van der Waals surface area contributed by atoms with Crippen LogP contribution in [0.15, 0.2) is 17.7 Å². The van der Waals surface area contributed by atoms with Gasteiger partial charge in [0.2, 0.25) is 0 Å². The zero-order valence-corrected chi connectivity index (χ0v) is 17.8. The van der Waals surface area contributed by atoms with Gasteiger partial charge >= 0.3 is 33.6 Å². The molecule has 0 saturated carbocycles. The van der Waals surface area contributed by atoms with Gasteiger partial charge in [-0.25, -0.2) is 9.18 Å². The molecule has 0 fully saturated rings. The molecule has 1 heterocycles. The van der Waals surface area contributed by atoms with E-state index in [9.17, 15) is 44.3 Å². The van der Waals surface area contributed by atoms with E-state index in [1.54, 1.807) is 0 Å². The lowest BCUT2D eigenvalue weighted by Crippen LogP contribution is -2.29. The molecule has 0 unspecified atom stereocenters. The molecule has 7 nitrogen and oxygen atoms in total. The molecule has 0 bridgehead atoms. The molecule has 1 aliphatic heterocycles. The highest BCUT2D eigenvalue weighted by atomic mass is 32.2. The van der Waals surface area contributed by atoms with Crippen molar-refractivity contribution >= 4 is 27.9 Å². The van der Waals surface area contributed by atoms with E-state index in [1.807, 2.05) is 0 Å². The summed E-state index contributed by atoms with van der Waals surface area (Å²) in [5.41, 5.74) is -8.72. The van der Waals surface area contributed by atoms with E-state index in [1.165, 1.54) is 13.0 Å². The predicted molar refractivity (Wildman–Crippen MR) is 100 cm³/mol. The quantitative estimate of drug-likeness (QED) is 0.179. The Labute approximate surface area is 183 Å². The van der Waals surface area contributed by atoms with Crippen molar-refractivity contribution in [3.8, 4) is 5.75 Å². The number of cyclic esters (lactones) is 1. The summed E-state index contributed by atoms with van der Waals surface area (Å²) in [6, 6.07) is 0. The minimum Gasteiger partial charge on any atom is -0.481 e. The van der Waals surface area contributed by atoms with Gasteiger partial charge in [-0.15, -0.1) is 0 Å². The minimum atomic E-state index is -6.39. The van der Waals surface area contributed by atoms with Crippen molar-refractivity contribution in [3.05, 3.63) is 45.5 Å². The third-order valence-electron chi connectivity index (χ3n) is 4.73. The molecule has 0 amide bonds. The van der Waals surface area contributed by atoms with Crippen LogP contribution >= 0.6 is 0 Å². The van der Waals surface area contributed by atoms with E-state index in [0.29, 0.717) is 5.57 Å². The number of halogens is 6. The summed E-state index contributed by atoms with van der Waals surface area (Å²) in [6.07, 6.45) is -2.73. The number of rotatable bonds is 8. The van der Waals surface area contributed by atoms with Gasteiger partial charge in [0.1, 0.15) is 12.2 Å². The largest absolute Gasteiger partial charge is 0.534 e. The van der Waals surface area contributed by atoms with Gasteiger partial charge in [0.25, 0.3) is 0 Å². The summed E-state index contributed by atoms with van der Waals surface area (Å²) in [5.74, 6) is -5.90. The van der Waals surface area contributed by atoms with E-state index < -0.39 is 74.9 Å². The van der Waals surface area contributed by atoms with Crippen LogP contribution in [-0.2, 0) is 32.7 Å². The van der Waals surface area contributed by atoms with E-state index in [2.05, 4.69) is 8.92 Å². The molecular formula is C19H16F6O7S. The van der Waals surface area contributed by atoms with Crippen molar-refractivity contribution in [2.45, 2.75) is 45.2 Å². The average Bonchev–Trinajstić information content (AvgIpc) is 3.07. The standard InChI is InChI=1S/C19H16F6O7S/c1-8(4-6-12(26)27)3-5-10-13(15(20)17(21)22)9(2)11-7-31-18(28)14(11)16(10)32-33(29,30)19(23,24)25/h3H,4-7H2,1-2H3,(H,26,27). The Morgan fingerprint density at radius 1 is 1.21 bits per heavy atom. The van der Waals surface area contributed by atoms with Crippen molar-refractivity contribution in [1.82, 2.24) is 0 Å². The van der Waals surface area contributed by atoms with Crippen molar-refractivity contribution in [3.63, 3.8) is 0 Å². The Kier molecular flexibility index (Phi) is 7.51. The summed E-state index contributed by atoms with van der Waals surface area (Å²) in [6.45, 7) is 1.88. The number of carbonyl (C=O) groups is 2. The normalized spacial score (nSPS) is 14.1. The van der Waals surface area contributed by atoms with Crippen LogP contribution in [0.4, 0.5) is 26.3 Å². The lowest BCUT2D eigenvalue weighted by atomic mass is 9.89. The molecule has 1 N–H and O–H groups in total. The van der Waals surface area contributed by atoms with Gasteiger partial charge in [-0.2, -0.15) is 30.4 Å². The molecule has 0 radical (unpaired) electrons. The maximum atomic E-state index is 14.4. The Bertz CT molecular complexity index is 1160. The molecular weight excluding hydrogens is 486 g/mol. The number of hydrogen-bond donors (Lipinski definition) is 1. The monoisotopic (exact) mass is 502 g/mol. The van der Waals surface area contributed by atoms with Crippen molar-refractivity contribution in [2.24, 2.45) is 0 Å². The first-order valence-electron chi connectivity index (χ1n) is 9.03. The number of fused-ring (bicyclic) bond motifs is 1. The first-order chi connectivity index (χ1) is 15.1. The number of alkyl halides is 3. The fourth-order valence-electron chi connectivity index (χ4n) is 3.09. The number of allylic oxidation sites excluding steroid dienone is 2. The summed E-state index contributed by atoms with van der Waals surface area (Å²) in [7, 11) is -6.39. The maximum absolute atomic E-state index is 14.4. The number of esters is 1. The molecule has 33 heavy (non-hydrogen) atoms. The summed E-state index contributed by atoms with van der Waals surface area (Å²) >= 11 is 0. The number of carboxylic acids is 1. The van der Waals surface area contributed by atoms with Crippen LogP contribution in [0.5, 0.6) is 5.75 Å². The maximum Gasteiger partial charge on any atom is 0.534 e. The summed E-state index contributed by atoms with van der Waals surface area (Å²) in [5, 5.41) is 8.73. The molecule has 1 aromatic rings. The second kappa shape index (κ2) is 9.45. The number of hydrogen-bond acceptors (Lipinski definition) is 6. The van der Waals surface area contributed by atoms with Crippen LogP contribution < -0.4 is 4.18 Å². The lowest BCUT2D eigenvalue weighted by Gasteiger charge is -2.19. The molecule has 14 heteroatoms. The van der Waals surface area contributed by atoms with Crippen molar-refractivity contribution in [1.29, 1.82) is 0 Å². The predicted octanol–water partition coefficient (Wildman–Crippen LogP) is 4.78. The third kappa shape index (κ3) is 5.49. The van der Waals surface area contributed by atoms with Gasteiger partial charge in [0.05, 0.1) is 0 Å². The Morgan fingerprint density at radius 3 is 2.33 bits per heavy atom. The molecule has 0 saturated heterocycles. The van der Waals surface area contributed by atoms with E-state index in [0.717, 1.165) is 6.92 Å². The second-order valence-electron chi connectivity index (χ2n) is 6.94. The van der Waals surface area contributed by atoms with Gasteiger partial charge in [-0.05, 0) is 32.3 Å². The smallest absolute Gasteiger partial charge is 0.481 e. The molecule has 1 aliphatic rings. The summed E-state index contributed by atoms with van der Waals surface area (Å²) in [4.78, 5) is 22.8. The van der Waals surface area contributed by atoms with Gasteiger partial charge in [-0.1, -0.05) is 11.6 Å². The first-order valence-corrected chi connectivity index (χ1v) is 10.4. The Hall–Kier alpha value is -3.03.